The van der Waals surface area contributed by atoms with E-state index < -0.39 is 10.2 Å². The highest BCUT2D eigenvalue weighted by Crippen LogP contribution is 2.24. The fraction of sp³-hybridized carbons (Fsp3) is 0.667. The van der Waals surface area contributed by atoms with E-state index in [1.165, 1.54) is 4.88 Å². The van der Waals surface area contributed by atoms with Crippen molar-refractivity contribution in [3.8, 4) is 0 Å². The lowest BCUT2D eigenvalue weighted by atomic mass is 9.94. The van der Waals surface area contributed by atoms with Crippen LogP contribution in [-0.4, -0.2) is 32.4 Å². The van der Waals surface area contributed by atoms with Crippen LogP contribution in [0.1, 0.15) is 24.6 Å². The second-order valence-corrected chi connectivity index (χ2v) is 7.42. The quantitative estimate of drug-likeness (QED) is 0.899. The lowest BCUT2D eigenvalue weighted by Crippen LogP contribution is -2.45. The summed E-state index contributed by atoms with van der Waals surface area (Å²) in [5, 5.41) is 2.10. The van der Waals surface area contributed by atoms with Gasteiger partial charge in [-0.25, -0.2) is 4.72 Å². The van der Waals surface area contributed by atoms with Gasteiger partial charge in [0.05, 0.1) is 0 Å². The third-order valence-corrected chi connectivity index (χ3v) is 5.91. The summed E-state index contributed by atoms with van der Waals surface area (Å²) in [7, 11) is -3.23. The first-order valence-corrected chi connectivity index (χ1v) is 8.71. The topological polar surface area (TPSA) is 49.4 Å². The van der Waals surface area contributed by atoms with Gasteiger partial charge in [-0.05, 0) is 36.6 Å². The first-order valence-electron chi connectivity index (χ1n) is 6.39. The molecule has 0 atom stereocenters. The second-order valence-electron chi connectivity index (χ2n) is 4.63. The van der Waals surface area contributed by atoms with Crippen molar-refractivity contribution >= 4 is 21.5 Å². The molecule has 1 N–H and O–H groups in total. The van der Waals surface area contributed by atoms with Crippen LogP contribution in [0.15, 0.2) is 17.5 Å². The van der Waals surface area contributed by atoms with Gasteiger partial charge in [0.25, 0.3) is 10.2 Å². The minimum absolute atomic E-state index is 0.456. The van der Waals surface area contributed by atoms with Crippen molar-refractivity contribution in [1.82, 2.24) is 9.03 Å². The van der Waals surface area contributed by atoms with Crippen LogP contribution in [0.25, 0.3) is 0 Å². The monoisotopic (exact) mass is 288 g/mol. The van der Waals surface area contributed by atoms with Gasteiger partial charge in [0.2, 0.25) is 0 Å². The molecule has 0 aromatic carbocycles. The van der Waals surface area contributed by atoms with Gasteiger partial charge in [-0.3, -0.25) is 0 Å². The van der Waals surface area contributed by atoms with Crippen molar-refractivity contribution in [2.75, 3.05) is 19.6 Å². The third kappa shape index (κ3) is 3.54. The van der Waals surface area contributed by atoms with Crippen molar-refractivity contribution < 1.29 is 8.42 Å². The van der Waals surface area contributed by atoms with Crippen LogP contribution in [0, 0.1) is 5.92 Å². The fourth-order valence-electron chi connectivity index (χ4n) is 2.34. The summed E-state index contributed by atoms with van der Waals surface area (Å²) in [4.78, 5) is 1.41. The molecule has 0 radical (unpaired) electrons. The zero-order chi connectivity index (χ0) is 13.0. The smallest absolute Gasteiger partial charge is 0.202 e. The SMILES string of the molecule is CCNS(=O)(=O)N1CCC(Cc2cccs2)CC1. The van der Waals surface area contributed by atoms with Gasteiger partial charge in [0.1, 0.15) is 0 Å². The Morgan fingerprint density at radius 2 is 2.17 bits per heavy atom. The lowest BCUT2D eigenvalue weighted by molar-refractivity contribution is 0.271. The molecule has 102 valence electrons. The molecule has 1 aliphatic rings. The van der Waals surface area contributed by atoms with Gasteiger partial charge in [-0.2, -0.15) is 12.7 Å². The molecular formula is C12H20N2O2S2. The summed E-state index contributed by atoms with van der Waals surface area (Å²) in [5.41, 5.74) is 0. The minimum Gasteiger partial charge on any atom is -0.202 e. The molecule has 1 aromatic heterocycles. The van der Waals surface area contributed by atoms with Gasteiger partial charge in [0, 0.05) is 24.5 Å². The van der Waals surface area contributed by atoms with Crippen LogP contribution in [0.2, 0.25) is 0 Å². The van der Waals surface area contributed by atoms with Gasteiger partial charge >= 0.3 is 0 Å². The Kier molecular flexibility index (Phi) is 4.77. The van der Waals surface area contributed by atoms with Gasteiger partial charge in [0.15, 0.2) is 0 Å². The van der Waals surface area contributed by atoms with E-state index in [-0.39, 0.29) is 0 Å². The highest BCUT2D eigenvalue weighted by Gasteiger charge is 2.27. The number of piperidine rings is 1. The Labute approximate surface area is 113 Å². The molecule has 18 heavy (non-hydrogen) atoms. The maximum atomic E-state index is 11.8. The van der Waals surface area contributed by atoms with E-state index in [1.54, 1.807) is 22.6 Å². The van der Waals surface area contributed by atoms with Crippen LogP contribution >= 0.6 is 11.3 Å². The molecule has 2 rings (SSSR count). The van der Waals surface area contributed by atoms with Crippen molar-refractivity contribution in [2.24, 2.45) is 5.92 Å². The molecule has 4 nitrogen and oxygen atoms in total. The van der Waals surface area contributed by atoms with Crippen LogP contribution in [0.3, 0.4) is 0 Å². The molecular weight excluding hydrogens is 268 g/mol. The predicted molar refractivity (Wildman–Crippen MR) is 74.9 cm³/mol. The van der Waals surface area contributed by atoms with Crippen LogP contribution in [-0.2, 0) is 16.6 Å². The summed E-state index contributed by atoms with van der Waals surface area (Å²) in [5.74, 6) is 0.622. The number of hydrogen-bond acceptors (Lipinski definition) is 3. The Balaban J connectivity index is 1.84. The Morgan fingerprint density at radius 3 is 2.72 bits per heavy atom. The van der Waals surface area contributed by atoms with E-state index in [2.05, 4.69) is 22.2 Å². The summed E-state index contributed by atoms with van der Waals surface area (Å²) >= 11 is 1.79. The second kappa shape index (κ2) is 6.14. The number of nitrogens with one attached hydrogen (secondary N) is 1. The van der Waals surface area contributed by atoms with E-state index in [4.69, 9.17) is 0 Å². The molecule has 0 bridgehead atoms. The van der Waals surface area contributed by atoms with Crippen LogP contribution in [0.5, 0.6) is 0 Å². The van der Waals surface area contributed by atoms with Crippen LogP contribution < -0.4 is 4.72 Å². The summed E-state index contributed by atoms with van der Waals surface area (Å²) in [6, 6.07) is 4.23. The summed E-state index contributed by atoms with van der Waals surface area (Å²) in [6.45, 7) is 3.55. The molecule has 0 unspecified atom stereocenters. The first-order chi connectivity index (χ1) is 8.62. The molecule has 0 saturated carbocycles. The highest BCUT2D eigenvalue weighted by atomic mass is 32.2. The molecule has 2 heterocycles. The van der Waals surface area contributed by atoms with E-state index >= 15 is 0 Å². The summed E-state index contributed by atoms with van der Waals surface area (Å²) in [6.07, 6.45) is 3.01. The van der Waals surface area contributed by atoms with E-state index in [9.17, 15) is 8.42 Å². The van der Waals surface area contributed by atoms with Gasteiger partial charge < -0.3 is 0 Å². The van der Waals surface area contributed by atoms with Crippen molar-refractivity contribution in [1.29, 1.82) is 0 Å². The molecule has 1 fully saturated rings. The third-order valence-electron chi connectivity index (χ3n) is 3.31. The zero-order valence-corrected chi connectivity index (χ0v) is 12.3. The van der Waals surface area contributed by atoms with E-state index in [1.807, 2.05) is 0 Å². The standard InChI is InChI=1S/C12H20N2O2S2/c1-2-13-18(15,16)14-7-5-11(6-8-14)10-12-4-3-9-17-12/h3-4,9,11,13H,2,5-8,10H2,1H3. The maximum absolute atomic E-state index is 11.8. The number of hydrogen-bond donors (Lipinski definition) is 1. The van der Waals surface area contributed by atoms with Crippen molar-refractivity contribution in [2.45, 2.75) is 26.2 Å². The van der Waals surface area contributed by atoms with Crippen molar-refractivity contribution in [3.05, 3.63) is 22.4 Å². The molecule has 1 aromatic rings. The molecule has 6 heteroatoms. The van der Waals surface area contributed by atoms with Crippen LogP contribution in [0.4, 0.5) is 0 Å². The number of rotatable bonds is 5. The van der Waals surface area contributed by atoms with E-state index in [0.717, 1.165) is 19.3 Å². The molecule has 1 saturated heterocycles. The average Bonchev–Trinajstić information content (AvgIpc) is 2.82. The van der Waals surface area contributed by atoms with E-state index in [0.29, 0.717) is 25.6 Å². The summed E-state index contributed by atoms with van der Waals surface area (Å²) < 4.78 is 27.8. The predicted octanol–water partition coefficient (Wildman–Crippen LogP) is 1.86. The Morgan fingerprint density at radius 1 is 1.44 bits per heavy atom. The van der Waals surface area contributed by atoms with Crippen molar-refractivity contribution in [3.63, 3.8) is 0 Å². The largest absolute Gasteiger partial charge is 0.279 e. The van der Waals surface area contributed by atoms with Gasteiger partial charge in [-0.15, -0.1) is 11.3 Å². The zero-order valence-electron chi connectivity index (χ0n) is 10.6. The fourth-order valence-corrected chi connectivity index (χ4v) is 4.40. The number of thiophene rings is 1. The normalized spacial score (nSPS) is 19.2. The highest BCUT2D eigenvalue weighted by molar-refractivity contribution is 7.87. The number of nitrogens with zero attached hydrogens (tertiary/aromatic N) is 1. The molecule has 0 amide bonds. The van der Waals surface area contributed by atoms with Gasteiger partial charge in [-0.1, -0.05) is 13.0 Å². The lowest BCUT2D eigenvalue weighted by Gasteiger charge is -2.30. The Hall–Kier alpha value is -0.430. The molecule has 0 aliphatic carbocycles. The molecule has 1 aliphatic heterocycles. The molecule has 0 spiro atoms. The Bertz CT molecular complexity index is 448. The average molecular weight is 288 g/mol. The first kappa shape index (κ1) is 14.0. The maximum Gasteiger partial charge on any atom is 0.279 e. The minimum atomic E-state index is -3.23.